The molecule has 2 atom stereocenters. The average Bonchev–Trinajstić information content (AvgIpc) is 2.87. The van der Waals surface area contributed by atoms with Crippen LogP contribution in [0.3, 0.4) is 0 Å². The van der Waals surface area contributed by atoms with Gasteiger partial charge in [0.05, 0.1) is 7.11 Å². The molecule has 0 aromatic heterocycles. The number of carbonyl (C=O) groups excluding carboxylic acids is 3. The minimum atomic E-state index is -0.696. The van der Waals surface area contributed by atoms with E-state index in [-0.39, 0.29) is 35.6 Å². The third kappa shape index (κ3) is 6.98. The van der Waals surface area contributed by atoms with Crippen LogP contribution in [-0.2, 0) is 4.79 Å². The van der Waals surface area contributed by atoms with E-state index in [2.05, 4.69) is 10.6 Å². The van der Waals surface area contributed by atoms with Gasteiger partial charge in [0.25, 0.3) is 11.8 Å². The third-order valence-corrected chi connectivity index (χ3v) is 6.93. The highest BCUT2D eigenvalue weighted by Gasteiger charge is 2.35. The number of hydrogen-bond donors (Lipinski definition) is 2. The van der Waals surface area contributed by atoms with Crippen molar-refractivity contribution in [3.05, 3.63) is 64.7 Å². The summed E-state index contributed by atoms with van der Waals surface area (Å²) in [5.41, 5.74) is 1.04. The summed E-state index contributed by atoms with van der Waals surface area (Å²) in [6.07, 6.45) is 1.22. The number of halogens is 1. The Morgan fingerprint density at radius 1 is 0.914 bits per heavy atom. The van der Waals surface area contributed by atoms with Crippen molar-refractivity contribution >= 4 is 29.3 Å². The first-order valence-corrected chi connectivity index (χ1v) is 12.4. The van der Waals surface area contributed by atoms with Crippen molar-refractivity contribution in [1.29, 1.82) is 0 Å². The molecule has 2 aromatic rings. The molecule has 188 valence electrons. The molecule has 0 radical (unpaired) electrons. The Bertz CT molecular complexity index is 1020. The number of methoxy groups -OCH3 is 1. The lowest BCUT2D eigenvalue weighted by atomic mass is 9.87. The van der Waals surface area contributed by atoms with Crippen molar-refractivity contribution < 1.29 is 19.1 Å². The molecule has 1 saturated heterocycles. The van der Waals surface area contributed by atoms with Gasteiger partial charge in [-0.25, -0.2) is 0 Å². The molecule has 1 heterocycles. The molecule has 1 aliphatic heterocycles. The number of ether oxygens (including phenoxy) is 1. The van der Waals surface area contributed by atoms with Crippen molar-refractivity contribution in [2.45, 2.75) is 45.7 Å². The van der Waals surface area contributed by atoms with Crippen LogP contribution >= 0.6 is 11.6 Å². The van der Waals surface area contributed by atoms with E-state index in [9.17, 15) is 14.4 Å². The van der Waals surface area contributed by atoms with Crippen molar-refractivity contribution in [2.24, 2.45) is 11.8 Å². The van der Waals surface area contributed by atoms with E-state index in [1.165, 1.54) is 0 Å². The molecule has 1 fully saturated rings. The van der Waals surface area contributed by atoms with Crippen molar-refractivity contribution in [2.75, 3.05) is 20.2 Å². The monoisotopic (exact) mass is 499 g/mol. The zero-order valence-corrected chi connectivity index (χ0v) is 21.5. The van der Waals surface area contributed by atoms with E-state index in [1.54, 1.807) is 60.5 Å². The molecule has 35 heavy (non-hydrogen) atoms. The molecule has 0 spiro atoms. The second-order valence-corrected chi connectivity index (χ2v) is 9.79. The van der Waals surface area contributed by atoms with Gasteiger partial charge in [-0.3, -0.25) is 14.4 Å². The van der Waals surface area contributed by atoms with E-state index in [0.717, 1.165) is 0 Å². The van der Waals surface area contributed by atoms with E-state index in [4.69, 9.17) is 16.3 Å². The van der Waals surface area contributed by atoms with Gasteiger partial charge in [-0.1, -0.05) is 25.4 Å². The van der Waals surface area contributed by atoms with Gasteiger partial charge in [0.2, 0.25) is 5.91 Å². The molecule has 2 aromatic carbocycles. The normalized spacial score (nSPS) is 15.9. The molecule has 3 amide bonds. The predicted octanol–water partition coefficient (Wildman–Crippen LogP) is 4.16. The maximum atomic E-state index is 13.3. The summed E-state index contributed by atoms with van der Waals surface area (Å²) in [5.74, 6) is 0.248. The summed E-state index contributed by atoms with van der Waals surface area (Å²) in [6, 6.07) is 12.9. The average molecular weight is 500 g/mol. The maximum Gasteiger partial charge on any atom is 0.253 e. The van der Waals surface area contributed by atoms with Crippen LogP contribution < -0.4 is 15.4 Å². The molecule has 0 bridgehead atoms. The first-order valence-electron chi connectivity index (χ1n) is 12.0. The van der Waals surface area contributed by atoms with E-state index in [0.29, 0.717) is 47.8 Å². The second kappa shape index (κ2) is 12.1. The Morgan fingerprint density at radius 3 is 2.03 bits per heavy atom. The van der Waals surface area contributed by atoms with Gasteiger partial charge in [-0.15, -0.1) is 0 Å². The van der Waals surface area contributed by atoms with Crippen molar-refractivity contribution in [1.82, 2.24) is 15.5 Å². The number of nitrogens with one attached hydrogen (secondary N) is 2. The zero-order chi connectivity index (χ0) is 25.5. The van der Waals surface area contributed by atoms with Gasteiger partial charge in [0.1, 0.15) is 11.8 Å². The molecular formula is C27H34ClN3O4. The Kier molecular flexibility index (Phi) is 9.15. The summed E-state index contributed by atoms with van der Waals surface area (Å²) in [5, 5.41) is 6.59. The second-order valence-electron chi connectivity index (χ2n) is 9.36. The fourth-order valence-electron chi connectivity index (χ4n) is 4.06. The summed E-state index contributed by atoms with van der Waals surface area (Å²) < 4.78 is 5.16. The first-order chi connectivity index (χ1) is 16.7. The number of amides is 3. The van der Waals surface area contributed by atoms with Crippen LogP contribution in [0.15, 0.2) is 48.5 Å². The van der Waals surface area contributed by atoms with Crippen LogP contribution in [0.4, 0.5) is 0 Å². The Labute approximate surface area is 212 Å². The Hall–Kier alpha value is -3.06. The first kappa shape index (κ1) is 26.5. The number of benzene rings is 2. The number of likely N-dealkylation sites (tertiary alicyclic amines) is 1. The lowest BCUT2D eigenvalue weighted by Crippen LogP contribution is -2.55. The van der Waals surface area contributed by atoms with Crippen molar-refractivity contribution in [3.63, 3.8) is 0 Å². The molecule has 0 saturated carbocycles. The fraction of sp³-hybridized carbons (Fsp3) is 0.444. The molecule has 7 nitrogen and oxygen atoms in total. The van der Waals surface area contributed by atoms with Crippen LogP contribution in [-0.4, -0.2) is 54.9 Å². The van der Waals surface area contributed by atoms with Gasteiger partial charge < -0.3 is 20.3 Å². The number of carbonyl (C=O) groups is 3. The highest BCUT2D eigenvalue weighted by atomic mass is 35.5. The summed E-state index contributed by atoms with van der Waals surface area (Å²) in [4.78, 5) is 40.9. The van der Waals surface area contributed by atoms with Crippen LogP contribution in [0.2, 0.25) is 5.02 Å². The summed E-state index contributed by atoms with van der Waals surface area (Å²) >= 11 is 5.94. The van der Waals surface area contributed by atoms with Gasteiger partial charge in [-0.05, 0) is 80.1 Å². The number of hydrogen-bond acceptors (Lipinski definition) is 4. The lowest BCUT2D eigenvalue weighted by Gasteiger charge is -2.36. The van der Waals surface area contributed by atoms with Crippen LogP contribution in [0.25, 0.3) is 0 Å². The minimum absolute atomic E-state index is 0.0329. The highest BCUT2D eigenvalue weighted by molar-refractivity contribution is 6.30. The quantitative estimate of drug-likeness (QED) is 0.571. The van der Waals surface area contributed by atoms with Gasteiger partial charge in [0.15, 0.2) is 0 Å². The van der Waals surface area contributed by atoms with Crippen LogP contribution in [0, 0.1) is 11.8 Å². The summed E-state index contributed by atoms with van der Waals surface area (Å²) in [7, 11) is 1.56. The summed E-state index contributed by atoms with van der Waals surface area (Å²) in [6.45, 7) is 7.05. The standard InChI is InChI=1S/C27H34ClN3O4/c1-17(2)18(3)29-26(33)24(30-25(32)20-7-11-23(35-4)12-8-20)19-13-15-31(16-14-19)27(34)21-5-9-22(28)10-6-21/h5-12,17-19,24H,13-16H2,1-4H3,(H,29,33)(H,30,32)/t18-,24-/m1/s1. The maximum absolute atomic E-state index is 13.3. The molecular weight excluding hydrogens is 466 g/mol. The number of nitrogens with zero attached hydrogens (tertiary/aromatic N) is 1. The third-order valence-electron chi connectivity index (χ3n) is 6.68. The fourth-order valence-corrected chi connectivity index (χ4v) is 4.18. The smallest absolute Gasteiger partial charge is 0.253 e. The molecule has 8 heteroatoms. The van der Waals surface area contributed by atoms with Crippen LogP contribution in [0.1, 0.15) is 54.3 Å². The Morgan fingerprint density at radius 2 is 1.49 bits per heavy atom. The van der Waals surface area contributed by atoms with E-state index in [1.807, 2.05) is 20.8 Å². The minimum Gasteiger partial charge on any atom is -0.497 e. The van der Waals surface area contributed by atoms with Crippen molar-refractivity contribution in [3.8, 4) is 5.75 Å². The van der Waals surface area contributed by atoms with Gasteiger partial charge >= 0.3 is 0 Å². The molecule has 3 rings (SSSR count). The zero-order valence-electron chi connectivity index (χ0n) is 20.7. The molecule has 1 aliphatic rings. The number of rotatable bonds is 8. The topological polar surface area (TPSA) is 87.7 Å². The largest absolute Gasteiger partial charge is 0.497 e. The van der Waals surface area contributed by atoms with E-state index >= 15 is 0 Å². The van der Waals surface area contributed by atoms with Crippen LogP contribution in [0.5, 0.6) is 5.75 Å². The molecule has 2 N–H and O–H groups in total. The highest BCUT2D eigenvalue weighted by Crippen LogP contribution is 2.24. The SMILES string of the molecule is COc1ccc(C(=O)N[C@@H](C(=O)N[C@H](C)C(C)C)C2CCN(C(=O)c3ccc(Cl)cc3)CC2)cc1. The van der Waals surface area contributed by atoms with Gasteiger partial charge in [-0.2, -0.15) is 0 Å². The number of piperidine rings is 1. The molecule has 0 aliphatic carbocycles. The lowest BCUT2D eigenvalue weighted by molar-refractivity contribution is -0.125. The Balaban J connectivity index is 1.71. The molecule has 0 unspecified atom stereocenters. The predicted molar refractivity (Wildman–Crippen MR) is 137 cm³/mol. The van der Waals surface area contributed by atoms with Gasteiger partial charge in [0, 0.05) is 35.3 Å². The van der Waals surface area contributed by atoms with E-state index < -0.39 is 6.04 Å².